The molecule has 0 aliphatic carbocycles. The van der Waals surface area contributed by atoms with E-state index in [4.69, 9.17) is 4.42 Å². The molecule has 2 N–H and O–H groups in total. The van der Waals surface area contributed by atoms with E-state index in [1.807, 2.05) is 18.2 Å². The van der Waals surface area contributed by atoms with Crippen molar-refractivity contribution in [2.24, 2.45) is 10.9 Å². The lowest BCUT2D eigenvalue weighted by atomic mass is 10.1. The Balaban J connectivity index is 0.00000288. The molecular formula is C19H28IN3O. The molecule has 132 valence electrons. The summed E-state index contributed by atoms with van der Waals surface area (Å²) in [5.74, 6) is 2.36. The van der Waals surface area contributed by atoms with Gasteiger partial charge in [0.25, 0.3) is 0 Å². The summed E-state index contributed by atoms with van der Waals surface area (Å²) in [5, 5.41) is 6.87. The smallest absolute Gasteiger partial charge is 0.191 e. The summed E-state index contributed by atoms with van der Waals surface area (Å²) in [4.78, 5) is 4.67. The summed E-state index contributed by atoms with van der Waals surface area (Å²) in [6.45, 7) is 8.08. The first-order chi connectivity index (χ1) is 11.1. The van der Waals surface area contributed by atoms with Gasteiger partial charge in [0, 0.05) is 19.5 Å². The Kier molecular flexibility index (Phi) is 9.52. The van der Waals surface area contributed by atoms with E-state index in [2.05, 4.69) is 60.7 Å². The number of aliphatic imine (C=N–C) groups is 1. The van der Waals surface area contributed by atoms with Gasteiger partial charge in [0.15, 0.2) is 5.96 Å². The molecule has 0 amide bonds. The van der Waals surface area contributed by atoms with Crippen molar-refractivity contribution in [3.05, 3.63) is 60.1 Å². The van der Waals surface area contributed by atoms with Gasteiger partial charge in [-0.2, -0.15) is 0 Å². The zero-order valence-electron chi connectivity index (χ0n) is 14.7. The molecule has 0 saturated carbocycles. The van der Waals surface area contributed by atoms with Gasteiger partial charge in [-0.3, -0.25) is 4.99 Å². The summed E-state index contributed by atoms with van der Waals surface area (Å²) in [7, 11) is 0. The Morgan fingerprint density at radius 3 is 2.46 bits per heavy atom. The number of rotatable bonds is 7. The fourth-order valence-corrected chi connectivity index (χ4v) is 2.22. The van der Waals surface area contributed by atoms with Gasteiger partial charge in [0.2, 0.25) is 0 Å². The van der Waals surface area contributed by atoms with Crippen molar-refractivity contribution in [1.82, 2.24) is 10.6 Å². The number of nitrogens with one attached hydrogen (secondary N) is 2. The third-order valence-corrected chi connectivity index (χ3v) is 3.51. The van der Waals surface area contributed by atoms with Gasteiger partial charge < -0.3 is 15.1 Å². The summed E-state index contributed by atoms with van der Waals surface area (Å²) >= 11 is 0. The van der Waals surface area contributed by atoms with Crippen LogP contribution in [0.2, 0.25) is 0 Å². The normalized spacial score (nSPS) is 12.6. The molecule has 2 rings (SSSR count). The van der Waals surface area contributed by atoms with E-state index in [1.165, 1.54) is 5.56 Å². The van der Waals surface area contributed by atoms with E-state index < -0.39 is 0 Å². The molecule has 0 radical (unpaired) electrons. The van der Waals surface area contributed by atoms with Crippen molar-refractivity contribution < 1.29 is 4.42 Å². The molecule has 0 aliphatic rings. The molecule has 1 aromatic heterocycles. The average molecular weight is 441 g/mol. The first-order valence-electron chi connectivity index (χ1n) is 8.27. The fraction of sp³-hybridized carbons (Fsp3) is 0.421. The van der Waals surface area contributed by atoms with Crippen molar-refractivity contribution in [1.29, 1.82) is 0 Å². The highest BCUT2D eigenvalue weighted by Gasteiger charge is 2.08. The molecule has 2 aromatic rings. The van der Waals surface area contributed by atoms with Crippen LogP contribution in [0.25, 0.3) is 0 Å². The van der Waals surface area contributed by atoms with E-state index >= 15 is 0 Å². The topological polar surface area (TPSA) is 49.6 Å². The second-order valence-electron chi connectivity index (χ2n) is 6.12. The van der Waals surface area contributed by atoms with Crippen LogP contribution in [0.5, 0.6) is 0 Å². The summed E-state index contributed by atoms with van der Waals surface area (Å²) < 4.78 is 5.36. The van der Waals surface area contributed by atoms with Gasteiger partial charge in [0.05, 0.1) is 12.3 Å². The summed E-state index contributed by atoms with van der Waals surface area (Å²) in [6, 6.07) is 14.5. The van der Waals surface area contributed by atoms with Crippen LogP contribution in [0.15, 0.2) is 58.1 Å². The van der Waals surface area contributed by atoms with Crippen molar-refractivity contribution >= 4 is 29.9 Å². The van der Waals surface area contributed by atoms with Crippen molar-refractivity contribution in [2.45, 2.75) is 33.2 Å². The van der Waals surface area contributed by atoms with Crippen LogP contribution < -0.4 is 10.6 Å². The first kappa shape index (κ1) is 20.5. The minimum Gasteiger partial charge on any atom is -0.469 e. The van der Waals surface area contributed by atoms with Gasteiger partial charge >= 0.3 is 0 Å². The number of benzene rings is 1. The molecule has 1 aromatic carbocycles. The van der Waals surface area contributed by atoms with Crippen molar-refractivity contribution in [3.63, 3.8) is 0 Å². The van der Waals surface area contributed by atoms with Crippen LogP contribution in [-0.4, -0.2) is 19.0 Å². The number of halogens is 1. The quantitative estimate of drug-likeness (QED) is 0.381. The zero-order chi connectivity index (χ0) is 16.5. The zero-order valence-corrected chi connectivity index (χ0v) is 17.0. The minimum absolute atomic E-state index is 0. The Morgan fingerprint density at radius 2 is 1.83 bits per heavy atom. The summed E-state index contributed by atoms with van der Waals surface area (Å²) in [5.41, 5.74) is 1.25. The van der Waals surface area contributed by atoms with Crippen LogP contribution in [0, 0.1) is 5.92 Å². The molecule has 1 unspecified atom stereocenters. The lowest BCUT2D eigenvalue weighted by molar-refractivity contribution is 0.506. The molecule has 1 atom stereocenters. The second kappa shape index (κ2) is 11.1. The third-order valence-electron chi connectivity index (χ3n) is 3.51. The van der Waals surface area contributed by atoms with Crippen molar-refractivity contribution in [3.8, 4) is 0 Å². The molecule has 24 heavy (non-hydrogen) atoms. The van der Waals surface area contributed by atoms with Crippen LogP contribution in [0.3, 0.4) is 0 Å². The molecule has 0 spiro atoms. The number of furan rings is 1. The van der Waals surface area contributed by atoms with E-state index in [0.717, 1.165) is 31.2 Å². The second-order valence-corrected chi connectivity index (χ2v) is 6.12. The van der Waals surface area contributed by atoms with Gasteiger partial charge in [0.1, 0.15) is 5.76 Å². The maximum absolute atomic E-state index is 5.36. The Hall–Kier alpha value is -1.50. The van der Waals surface area contributed by atoms with E-state index in [1.54, 1.807) is 6.26 Å². The highest BCUT2D eigenvalue weighted by molar-refractivity contribution is 14.0. The lowest BCUT2D eigenvalue weighted by Crippen LogP contribution is -2.40. The van der Waals surface area contributed by atoms with E-state index in [0.29, 0.717) is 5.92 Å². The third kappa shape index (κ3) is 7.38. The van der Waals surface area contributed by atoms with Crippen LogP contribution in [0.4, 0.5) is 0 Å². The maximum Gasteiger partial charge on any atom is 0.191 e. The minimum atomic E-state index is 0. The Morgan fingerprint density at radius 1 is 1.08 bits per heavy atom. The molecule has 0 aliphatic heterocycles. The molecule has 0 saturated heterocycles. The highest BCUT2D eigenvalue weighted by Crippen LogP contribution is 2.10. The monoisotopic (exact) mass is 441 g/mol. The lowest BCUT2D eigenvalue weighted by Gasteiger charge is -2.19. The standard InChI is InChI=1S/C19H27N3O.HI/c1-15(2)14-21-19(20-12-11-18-10-7-13-23-18)22-16(3)17-8-5-4-6-9-17;/h4-10,13,15-16H,11-12,14H2,1-3H3,(H2,20,21,22);1H. The average Bonchev–Trinajstić information content (AvgIpc) is 3.06. The number of hydrogen-bond donors (Lipinski definition) is 2. The van der Waals surface area contributed by atoms with Gasteiger partial charge in [-0.1, -0.05) is 44.2 Å². The predicted octanol–water partition coefficient (Wildman–Crippen LogP) is 4.39. The molecule has 0 bridgehead atoms. The highest BCUT2D eigenvalue weighted by atomic mass is 127. The van der Waals surface area contributed by atoms with Crippen LogP contribution in [-0.2, 0) is 6.42 Å². The molecule has 0 fully saturated rings. The number of nitrogens with zero attached hydrogens (tertiary/aromatic N) is 1. The van der Waals surface area contributed by atoms with Gasteiger partial charge in [-0.05, 0) is 30.5 Å². The predicted molar refractivity (Wildman–Crippen MR) is 111 cm³/mol. The molecule has 4 nitrogen and oxygen atoms in total. The van der Waals surface area contributed by atoms with Gasteiger partial charge in [-0.15, -0.1) is 24.0 Å². The van der Waals surface area contributed by atoms with E-state index in [-0.39, 0.29) is 30.0 Å². The first-order valence-corrected chi connectivity index (χ1v) is 8.27. The molecular weight excluding hydrogens is 413 g/mol. The van der Waals surface area contributed by atoms with Crippen molar-refractivity contribution in [2.75, 3.05) is 13.1 Å². The Bertz CT molecular complexity index is 582. The fourth-order valence-electron chi connectivity index (χ4n) is 2.22. The number of guanidine groups is 1. The SMILES string of the molecule is CC(C)CN=C(NCCc1ccco1)NC(C)c1ccccc1.I. The van der Waals surface area contributed by atoms with Crippen LogP contribution >= 0.6 is 24.0 Å². The molecule has 1 heterocycles. The van der Waals surface area contributed by atoms with Gasteiger partial charge in [-0.25, -0.2) is 0 Å². The largest absolute Gasteiger partial charge is 0.469 e. The summed E-state index contributed by atoms with van der Waals surface area (Å²) in [6.07, 6.45) is 2.55. The Labute approximate surface area is 162 Å². The number of hydrogen-bond acceptors (Lipinski definition) is 2. The maximum atomic E-state index is 5.36. The van der Waals surface area contributed by atoms with E-state index in [9.17, 15) is 0 Å². The molecule has 5 heteroatoms. The van der Waals surface area contributed by atoms with Crippen LogP contribution in [0.1, 0.15) is 38.1 Å².